The van der Waals surface area contributed by atoms with E-state index in [0.717, 1.165) is 16.6 Å². The molecular weight excluding hydrogens is 280 g/mol. The predicted octanol–water partition coefficient (Wildman–Crippen LogP) is 2.06. The van der Waals surface area contributed by atoms with Crippen LogP contribution in [-0.2, 0) is 10.2 Å². The van der Waals surface area contributed by atoms with Crippen molar-refractivity contribution in [3.63, 3.8) is 0 Å². The minimum atomic E-state index is -0.516. The van der Waals surface area contributed by atoms with Crippen LogP contribution in [0.4, 0.5) is 0 Å². The lowest BCUT2D eigenvalue weighted by molar-refractivity contribution is -0.125. The molecular formula is C13H19BrN2O. The van der Waals surface area contributed by atoms with E-state index in [1.54, 1.807) is 0 Å². The van der Waals surface area contributed by atoms with Gasteiger partial charge >= 0.3 is 0 Å². The van der Waals surface area contributed by atoms with Crippen molar-refractivity contribution in [1.82, 2.24) is 10.6 Å². The molecule has 0 aromatic heterocycles. The highest BCUT2D eigenvalue weighted by molar-refractivity contribution is 9.10. The summed E-state index contributed by atoms with van der Waals surface area (Å²) in [4.78, 5) is 12.1. The van der Waals surface area contributed by atoms with Gasteiger partial charge in [0.25, 0.3) is 0 Å². The Balaban J connectivity index is 2.76. The lowest BCUT2D eigenvalue weighted by atomic mass is 9.84. The number of carbonyl (C=O) groups is 1. The van der Waals surface area contributed by atoms with Crippen molar-refractivity contribution in [2.75, 3.05) is 20.1 Å². The molecule has 1 aromatic carbocycles. The number of benzene rings is 1. The van der Waals surface area contributed by atoms with Gasteiger partial charge < -0.3 is 10.6 Å². The molecule has 0 saturated carbocycles. The summed E-state index contributed by atoms with van der Waals surface area (Å²) in [6, 6.07) is 7.86. The Bertz CT molecular complexity index is 391. The highest BCUT2D eigenvalue weighted by Gasteiger charge is 2.29. The number of nitrogens with one attached hydrogen (secondary N) is 2. The zero-order valence-corrected chi connectivity index (χ0v) is 12.1. The second-order valence-corrected chi connectivity index (χ2v) is 5.41. The molecule has 0 atom stereocenters. The van der Waals surface area contributed by atoms with E-state index in [9.17, 15) is 4.79 Å². The van der Waals surface area contributed by atoms with Crippen LogP contribution in [0, 0.1) is 0 Å². The van der Waals surface area contributed by atoms with Gasteiger partial charge in [-0.05, 0) is 38.6 Å². The molecule has 1 aromatic rings. The Labute approximate surface area is 111 Å². The van der Waals surface area contributed by atoms with Gasteiger partial charge in [0, 0.05) is 17.6 Å². The molecule has 17 heavy (non-hydrogen) atoms. The average Bonchev–Trinajstić information content (AvgIpc) is 2.29. The molecule has 0 aliphatic carbocycles. The first kappa shape index (κ1) is 14.2. The molecule has 1 rings (SSSR count). The predicted molar refractivity (Wildman–Crippen MR) is 74.1 cm³/mol. The monoisotopic (exact) mass is 298 g/mol. The van der Waals surface area contributed by atoms with Crippen LogP contribution in [0.5, 0.6) is 0 Å². The van der Waals surface area contributed by atoms with Gasteiger partial charge in [0.2, 0.25) is 5.91 Å². The van der Waals surface area contributed by atoms with E-state index >= 15 is 0 Å². The number of amides is 1. The molecule has 94 valence electrons. The maximum absolute atomic E-state index is 12.1. The lowest BCUT2D eigenvalue weighted by Crippen LogP contribution is -2.42. The van der Waals surface area contributed by atoms with Gasteiger partial charge in [-0.3, -0.25) is 4.79 Å². The Morgan fingerprint density at radius 2 is 2.06 bits per heavy atom. The fourth-order valence-corrected chi connectivity index (χ4v) is 1.93. The summed E-state index contributed by atoms with van der Waals surface area (Å²) in [6.45, 7) is 5.29. The molecule has 0 unspecified atom stereocenters. The Hall–Kier alpha value is -0.870. The van der Waals surface area contributed by atoms with E-state index in [2.05, 4.69) is 26.6 Å². The van der Waals surface area contributed by atoms with Crippen LogP contribution in [0.15, 0.2) is 28.7 Å². The number of carbonyl (C=O) groups excluding carboxylic acids is 1. The van der Waals surface area contributed by atoms with Gasteiger partial charge in [0.15, 0.2) is 0 Å². The summed E-state index contributed by atoms with van der Waals surface area (Å²) in [5, 5.41) is 5.93. The van der Waals surface area contributed by atoms with Crippen molar-refractivity contribution < 1.29 is 4.79 Å². The molecule has 0 heterocycles. The van der Waals surface area contributed by atoms with Gasteiger partial charge in [0.05, 0.1) is 5.41 Å². The highest BCUT2D eigenvalue weighted by Crippen LogP contribution is 2.25. The zero-order chi connectivity index (χ0) is 12.9. The van der Waals surface area contributed by atoms with Crippen molar-refractivity contribution in [3.8, 4) is 0 Å². The molecule has 0 fully saturated rings. The summed E-state index contributed by atoms with van der Waals surface area (Å²) in [6.07, 6.45) is 0. The Morgan fingerprint density at radius 3 is 2.65 bits per heavy atom. The minimum absolute atomic E-state index is 0.0471. The molecule has 0 radical (unpaired) electrons. The lowest BCUT2D eigenvalue weighted by Gasteiger charge is -2.24. The maximum atomic E-state index is 12.1. The molecule has 1 amide bonds. The second-order valence-electron chi connectivity index (χ2n) is 4.49. The first-order valence-corrected chi connectivity index (χ1v) is 6.46. The van der Waals surface area contributed by atoms with Crippen molar-refractivity contribution in [2.45, 2.75) is 19.3 Å². The fraction of sp³-hybridized carbons (Fsp3) is 0.462. The summed E-state index contributed by atoms with van der Waals surface area (Å²) < 4.78 is 0.992. The highest BCUT2D eigenvalue weighted by atomic mass is 79.9. The molecule has 0 aliphatic rings. The maximum Gasteiger partial charge on any atom is 0.230 e. The van der Waals surface area contributed by atoms with Crippen LogP contribution in [-0.4, -0.2) is 26.0 Å². The molecule has 0 spiro atoms. The summed E-state index contributed by atoms with van der Waals surface area (Å²) >= 11 is 3.43. The molecule has 3 nitrogen and oxygen atoms in total. The number of halogens is 1. The van der Waals surface area contributed by atoms with E-state index in [4.69, 9.17) is 0 Å². The van der Waals surface area contributed by atoms with Gasteiger partial charge in [0.1, 0.15) is 0 Å². The zero-order valence-electron chi connectivity index (χ0n) is 10.5. The normalized spacial score (nSPS) is 11.3. The largest absolute Gasteiger partial charge is 0.354 e. The summed E-state index contributed by atoms with van der Waals surface area (Å²) in [7, 11) is 1.87. The van der Waals surface area contributed by atoms with E-state index in [1.807, 2.05) is 45.2 Å². The summed E-state index contributed by atoms with van der Waals surface area (Å²) in [5.74, 6) is 0.0471. The van der Waals surface area contributed by atoms with Crippen molar-refractivity contribution >= 4 is 21.8 Å². The third-order valence-corrected chi connectivity index (χ3v) is 3.27. The van der Waals surface area contributed by atoms with Crippen LogP contribution >= 0.6 is 15.9 Å². The SMILES string of the molecule is CNCCNC(=O)C(C)(C)c1cccc(Br)c1. The Kier molecular flexibility index (Phi) is 5.15. The molecule has 0 bridgehead atoms. The smallest absolute Gasteiger partial charge is 0.230 e. The van der Waals surface area contributed by atoms with E-state index in [0.29, 0.717) is 6.54 Å². The van der Waals surface area contributed by atoms with Gasteiger partial charge in [-0.25, -0.2) is 0 Å². The molecule has 0 saturated heterocycles. The third-order valence-electron chi connectivity index (χ3n) is 2.77. The Morgan fingerprint density at radius 1 is 1.35 bits per heavy atom. The minimum Gasteiger partial charge on any atom is -0.354 e. The van der Waals surface area contributed by atoms with E-state index in [1.165, 1.54) is 0 Å². The van der Waals surface area contributed by atoms with Crippen molar-refractivity contribution in [1.29, 1.82) is 0 Å². The number of likely N-dealkylation sites (N-methyl/N-ethyl adjacent to an activating group) is 1. The van der Waals surface area contributed by atoms with Gasteiger partial charge in [-0.15, -0.1) is 0 Å². The van der Waals surface area contributed by atoms with Crippen molar-refractivity contribution in [2.24, 2.45) is 0 Å². The topological polar surface area (TPSA) is 41.1 Å². The van der Waals surface area contributed by atoms with Crippen LogP contribution < -0.4 is 10.6 Å². The van der Waals surface area contributed by atoms with Crippen LogP contribution in [0.2, 0.25) is 0 Å². The quantitative estimate of drug-likeness (QED) is 0.817. The fourth-order valence-electron chi connectivity index (χ4n) is 1.53. The van der Waals surface area contributed by atoms with Gasteiger partial charge in [-0.2, -0.15) is 0 Å². The summed E-state index contributed by atoms with van der Waals surface area (Å²) in [5.41, 5.74) is 0.492. The number of hydrogen-bond acceptors (Lipinski definition) is 2. The van der Waals surface area contributed by atoms with Crippen LogP contribution in [0.1, 0.15) is 19.4 Å². The van der Waals surface area contributed by atoms with E-state index < -0.39 is 5.41 Å². The second kappa shape index (κ2) is 6.17. The molecule has 2 N–H and O–H groups in total. The first-order chi connectivity index (χ1) is 7.98. The van der Waals surface area contributed by atoms with Gasteiger partial charge in [-0.1, -0.05) is 28.1 Å². The number of rotatable bonds is 5. The van der Waals surface area contributed by atoms with Crippen LogP contribution in [0.25, 0.3) is 0 Å². The van der Waals surface area contributed by atoms with Crippen molar-refractivity contribution in [3.05, 3.63) is 34.3 Å². The molecule has 0 aliphatic heterocycles. The third kappa shape index (κ3) is 3.82. The molecule has 4 heteroatoms. The number of hydrogen-bond donors (Lipinski definition) is 2. The van der Waals surface area contributed by atoms with E-state index in [-0.39, 0.29) is 5.91 Å². The standard InChI is InChI=1S/C13H19BrN2O/c1-13(2,12(17)16-8-7-15-3)10-5-4-6-11(14)9-10/h4-6,9,15H,7-8H2,1-3H3,(H,16,17). The van der Waals surface area contributed by atoms with Crippen LogP contribution in [0.3, 0.4) is 0 Å². The first-order valence-electron chi connectivity index (χ1n) is 5.67. The average molecular weight is 299 g/mol.